The highest BCUT2D eigenvalue weighted by Crippen LogP contribution is 2.31. The van der Waals surface area contributed by atoms with Crippen LogP contribution in [-0.2, 0) is 6.54 Å². The van der Waals surface area contributed by atoms with E-state index in [-0.39, 0.29) is 5.02 Å². The largest absolute Gasteiger partial charge is 0.366 e. The summed E-state index contributed by atoms with van der Waals surface area (Å²) in [6.45, 7) is 0.572. The number of pyridine rings is 3. The smallest absolute Gasteiger partial charge is 0.141 e. The van der Waals surface area contributed by atoms with Crippen LogP contribution in [0.25, 0.3) is 10.9 Å². The van der Waals surface area contributed by atoms with E-state index in [9.17, 15) is 9.65 Å². The summed E-state index contributed by atoms with van der Waals surface area (Å²) in [6, 6.07) is 12.1. The molecule has 0 unspecified atom stereocenters. The van der Waals surface area contributed by atoms with Crippen LogP contribution >= 0.6 is 11.6 Å². The summed E-state index contributed by atoms with van der Waals surface area (Å²) in [6.07, 6.45) is 6.56. The molecule has 0 aliphatic carbocycles. The van der Waals surface area contributed by atoms with Crippen molar-refractivity contribution in [3.8, 4) is 6.07 Å². The molecule has 0 saturated heterocycles. The Bertz CT molecular complexity index is 1220. The number of benzene rings is 1. The number of hydrogen-bond donors (Lipinski definition) is 2. The van der Waals surface area contributed by atoms with E-state index in [4.69, 9.17) is 11.6 Å². The quantitative estimate of drug-likeness (QED) is 0.484. The summed E-state index contributed by atoms with van der Waals surface area (Å²) < 4.78 is 13.5. The highest BCUT2D eigenvalue weighted by atomic mass is 35.5. The Labute approximate surface area is 171 Å². The predicted molar refractivity (Wildman–Crippen MR) is 111 cm³/mol. The van der Waals surface area contributed by atoms with Crippen molar-refractivity contribution in [2.24, 2.45) is 0 Å². The van der Waals surface area contributed by atoms with Crippen LogP contribution in [-0.4, -0.2) is 15.0 Å². The number of fused-ring (bicyclic) bond motifs is 1. The molecule has 8 heteroatoms. The summed E-state index contributed by atoms with van der Waals surface area (Å²) in [5, 5.41) is 16.6. The number of hydrogen-bond acceptors (Lipinski definition) is 6. The normalized spacial score (nSPS) is 10.5. The fraction of sp³-hybridized carbons (Fsp3) is 0.0476. The molecule has 0 fully saturated rings. The molecule has 0 saturated carbocycles. The van der Waals surface area contributed by atoms with Gasteiger partial charge in [0.25, 0.3) is 0 Å². The van der Waals surface area contributed by atoms with E-state index in [0.29, 0.717) is 40.2 Å². The van der Waals surface area contributed by atoms with Gasteiger partial charge in [-0.05, 0) is 42.0 Å². The third-order valence-electron chi connectivity index (χ3n) is 4.29. The van der Waals surface area contributed by atoms with E-state index in [0.717, 1.165) is 5.56 Å². The Kier molecular flexibility index (Phi) is 5.18. The lowest BCUT2D eigenvalue weighted by Gasteiger charge is -2.13. The van der Waals surface area contributed by atoms with Crippen molar-refractivity contribution in [3.05, 3.63) is 83.2 Å². The number of rotatable bonds is 5. The number of aromatic nitrogens is 3. The Balaban J connectivity index is 1.71. The maximum Gasteiger partial charge on any atom is 0.141 e. The summed E-state index contributed by atoms with van der Waals surface area (Å²) in [7, 11) is 0. The molecule has 0 atom stereocenters. The molecule has 6 nitrogen and oxygen atoms in total. The van der Waals surface area contributed by atoms with Crippen molar-refractivity contribution >= 4 is 39.7 Å². The summed E-state index contributed by atoms with van der Waals surface area (Å²) in [5.74, 6) is 0.121. The molecule has 0 amide bonds. The fourth-order valence-electron chi connectivity index (χ4n) is 2.82. The molecule has 1 aromatic carbocycles. The molecule has 3 heterocycles. The second-order valence-electron chi connectivity index (χ2n) is 6.21. The zero-order valence-corrected chi connectivity index (χ0v) is 15.8. The SMILES string of the molecule is N#Cc1cnc2cnc(NCc3ccncc3)cc2c1Nc1ccc(F)c(Cl)c1. The van der Waals surface area contributed by atoms with Crippen LogP contribution in [0.4, 0.5) is 21.6 Å². The minimum atomic E-state index is -0.510. The first-order valence-corrected chi connectivity index (χ1v) is 9.05. The lowest BCUT2D eigenvalue weighted by atomic mass is 10.1. The van der Waals surface area contributed by atoms with Crippen LogP contribution in [0.5, 0.6) is 0 Å². The summed E-state index contributed by atoms with van der Waals surface area (Å²) >= 11 is 5.88. The molecule has 0 bridgehead atoms. The maximum absolute atomic E-state index is 13.5. The molecule has 0 aliphatic rings. The van der Waals surface area contributed by atoms with Crippen molar-refractivity contribution in [1.82, 2.24) is 15.0 Å². The number of halogens is 2. The van der Waals surface area contributed by atoms with Gasteiger partial charge in [-0.25, -0.2) is 9.37 Å². The second kappa shape index (κ2) is 8.09. The monoisotopic (exact) mass is 404 g/mol. The summed E-state index contributed by atoms with van der Waals surface area (Å²) in [4.78, 5) is 12.7. The number of nitrogens with one attached hydrogen (secondary N) is 2. The van der Waals surface area contributed by atoms with Crippen molar-refractivity contribution in [1.29, 1.82) is 5.26 Å². The van der Waals surface area contributed by atoms with Gasteiger partial charge in [0.15, 0.2) is 0 Å². The van der Waals surface area contributed by atoms with E-state index in [1.807, 2.05) is 18.2 Å². The Morgan fingerprint density at radius 3 is 2.66 bits per heavy atom. The van der Waals surface area contributed by atoms with Gasteiger partial charge in [-0.3, -0.25) is 9.97 Å². The first-order valence-electron chi connectivity index (χ1n) is 8.68. The molecule has 142 valence electrons. The van der Waals surface area contributed by atoms with E-state index < -0.39 is 5.82 Å². The van der Waals surface area contributed by atoms with Crippen molar-refractivity contribution in [2.75, 3.05) is 10.6 Å². The van der Waals surface area contributed by atoms with Crippen molar-refractivity contribution < 1.29 is 4.39 Å². The molecule has 0 aliphatic heterocycles. The van der Waals surface area contributed by atoms with Gasteiger partial charge in [0.2, 0.25) is 0 Å². The van der Waals surface area contributed by atoms with Crippen LogP contribution in [0.15, 0.2) is 61.2 Å². The minimum Gasteiger partial charge on any atom is -0.366 e. The van der Waals surface area contributed by atoms with Crippen LogP contribution < -0.4 is 10.6 Å². The molecular formula is C21H14ClFN6. The van der Waals surface area contributed by atoms with Gasteiger partial charge in [0.1, 0.15) is 17.7 Å². The molecular weight excluding hydrogens is 391 g/mol. The molecule has 4 rings (SSSR count). The zero-order chi connectivity index (χ0) is 20.2. The van der Waals surface area contributed by atoms with E-state index in [1.165, 1.54) is 18.3 Å². The van der Waals surface area contributed by atoms with E-state index in [1.54, 1.807) is 24.7 Å². The van der Waals surface area contributed by atoms with Gasteiger partial charge in [-0.2, -0.15) is 5.26 Å². The van der Waals surface area contributed by atoms with Crippen LogP contribution in [0.3, 0.4) is 0 Å². The van der Waals surface area contributed by atoms with Crippen LogP contribution in [0, 0.1) is 17.1 Å². The lowest BCUT2D eigenvalue weighted by Crippen LogP contribution is -2.03. The van der Waals surface area contributed by atoms with Gasteiger partial charge in [-0.15, -0.1) is 0 Å². The van der Waals surface area contributed by atoms with Gasteiger partial charge in [0, 0.05) is 36.2 Å². The molecule has 3 aromatic heterocycles. The van der Waals surface area contributed by atoms with Gasteiger partial charge >= 0.3 is 0 Å². The summed E-state index contributed by atoms with van der Waals surface area (Å²) in [5.41, 5.74) is 3.14. The van der Waals surface area contributed by atoms with Crippen LogP contribution in [0.2, 0.25) is 5.02 Å². The molecule has 29 heavy (non-hydrogen) atoms. The average molecular weight is 405 g/mol. The fourth-order valence-corrected chi connectivity index (χ4v) is 3.00. The molecule has 4 aromatic rings. The van der Waals surface area contributed by atoms with E-state index >= 15 is 0 Å². The highest BCUT2D eigenvalue weighted by molar-refractivity contribution is 6.31. The van der Waals surface area contributed by atoms with Gasteiger partial charge < -0.3 is 10.6 Å². The number of anilines is 3. The highest BCUT2D eigenvalue weighted by Gasteiger charge is 2.12. The molecule has 0 spiro atoms. The average Bonchev–Trinajstić information content (AvgIpc) is 2.76. The standard InChI is InChI=1S/C21H14ClFN6/c22-17-7-15(1-2-18(17)23)29-21-14(9-24)11-26-19-12-28-20(8-16(19)21)27-10-13-3-5-25-6-4-13/h1-8,11-12H,10H2,(H,26,29)(H,27,28). The Hall–Kier alpha value is -3.76. The zero-order valence-electron chi connectivity index (χ0n) is 15.0. The molecule has 0 radical (unpaired) electrons. The predicted octanol–water partition coefficient (Wildman–Crippen LogP) is 5.04. The second-order valence-corrected chi connectivity index (χ2v) is 6.62. The maximum atomic E-state index is 13.5. The minimum absolute atomic E-state index is 0.00626. The Morgan fingerprint density at radius 2 is 1.90 bits per heavy atom. The topological polar surface area (TPSA) is 86.5 Å². The number of nitrogens with zero attached hydrogens (tertiary/aromatic N) is 4. The first-order chi connectivity index (χ1) is 14.1. The third-order valence-corrected chi connectivity index (χ3v) is 4.58. The Morgan fingerprint density at radius 1 is 1.07 bits per heavy atom. The molecule has 2 N–H and O–H groups in total. The van der Waals surface area contributed by atoms with Crippen molar-refractivity contribution in [2.45, 2.75) is 6.54 Å². The van der Waals surface area contributed by atoms with Gasteiger partial charge in [-0.1, -0.05) is 11.6 Å². The van der Waals surface area contributed by atoms with Crippen molar-refractivity contribution in [3.63, 3.8) is 0 Å². The van der Waals surface area contributed by atoms with E-state index in [2.05, 4.69) is 31.7 Å². The third kappa shape index (κ3) is 4.08. The van der Waals surface area contributed by atoms with Crippen LogP contribution in [0.1, 0.15) is 11.1 Å². The lowest BCUT2D eigenvalue weighted by molar-refractivity contribution is 0.628. The van der Waals surface area contributed by atoms with Gasteiger partial charge in [0.05, 0.1) is 28.0 Å². The first kappa shape index (κ1) is 18.6. The number of nitriles is 1.